The molecule has 2 nitrogen and oxygen atoms in total. The van der Waals surface area contributed by atoms with Crippen LogP contribution in [0, 0.1) is 0 Å². The molecule has 0 aliphatic carbocycles. The highest BCUT2D eigenvalue weighted by Crippen LogP contribution is 2.33. The van der Waals surface area contributed by atoms with E-state index in [0.29, 0.717) is 11.8 Å². The van der Waals surface area contributed by atoms with Gasteiger partial charge in [-0.15, -0.1) is 0 Å². The molecule has 0 radical (unpaired) electrons. The second kappa shape index (κ2) is 6.07. The first kappa shape index (κ1) is 13.9. The largest absolute Gasteiger partial charge is 0.508 e. The Kier molecular flexibility index (Phi) is 4.68. The number of likely N-dealkylation sites (tertiary alicyclic amines) is 1. The molecule has 1 aliphatic rings. The number of phenols is 1. The van der Waals surface area contributed by atoms with Crippen molar-refractivity contribution in [3.63, 3.8) is 0 Å². The lowest BCUT2D eigenvalue weighted by molar-refractivity contribution is 0.156. The van der Waals surface area contributed by atoms with Crippen LogP contribution in [0.2, 0.25) is 0 Å². The number of benzene rings is 1. The van der Waals surface area contributed by atoms with Crippen molar-refractivity contribution in [1.82, 2.24) is 4.90 Å². The topological polar surface area (TPSA) is 23.5 Å². The van der Waals surface area contributed by atoms with Gasteiger partial charge in [-0.05, 0) is 51.4 Å². The minimum absolute atomic E-state index is 0.274. The fourth-order valence-electron chi connectivity index (χ4n) is 2.91. The molecule has 1 N–H and O–H groups in total. The van der Waals surface area contributed by atoms with Gasteiger partial charge in [0.25, 0.3) is 0 Å². The van der Waals surface area contributed by atoms with Crippen LogP contribution in [0.3, 0.4) is 0 Å². The van der Waals surface area contributed by atoms with Crippen molar-refractivity contribution < 1.29 is 5.11 Å². The molecule has 0 bridgehead atoms. The van der Waals surface area contributed by atoms with Crippen LogP contribution in [0.1, 0.15) is 51.1 Å². The zero-order valence-electron chi connectivity index (χ0n) is 11.2. The Morgan fingerprint density at radius 1 is 1.33 bits per heavy atom. The highest BCUT2D eigenvalue weighted by Gasteiger charge is 2.24. The molecule has 2 rings (SSSR count). The van der Waals surface area contributed by atoms with Crippen molar-refractivity contribution in [3.05, 3.63) is 28.2 Å². The molecule has 0 aromatic heterocycles. The number of aromatic hydroxyl groups is 1. The Bertz CT molecular complexity index is 407. The highest BCUT2D eigenvalue weighted by atomic mass is 79.9. The van der Waals surface area contributed by atoms with Crippen molar-refractivity contribution in [2.75, 3.05) is 6.54 Å². The summed E-state index contributed by atoms with van der Waals surface area (Å²) in [5.74, 6) is 0.405. The summed E-state index contributed by atoms with van der Waals surface area (Å²) in [6.07, 6.45) is 5.19. The number of hydrogen-bond donors (Lipinski definition) is 1. The number of phenolic OH excluding ortho intramolecular Hbond substituents is 1. The van der Waals surface area contributed by atoms with Crippen molar-refractivity contribution >= 4 is 15.9 Å². The Balaban J connectivity index is 2.23. The first-order valence-electron chi connectivity index (χ1n) is 6.83. The molecule has 3 heteroatoms. The second-order valence-corrected chi connectivity index (χ2v) is 6.23. The van der Waals surface area contributed by atoms with E-state index in [1.54, 1.807) is 6.07 Å². The molecule has 1 aliphatic heterocycles. The minimum atomic E-state index is 0.274. The van der Waals surface area contributed by atoms with Crippen molar-refractivity contribution in [1.29, 1.82) is 0 Å². The summed E-state index contributed by atoms with van der Waals surface area (Å²) in [5.41, 5.74) is 1.03. The molecule has 2 atom stereocenters. The summed E-state index contributed by atoms with van der Waals surface area (Å²) >= 11 is 3.49. The van der Waals surface area contributed by atoms with Gasteiger partial charge >= 0.3 is 0 Å². The van der Waals surface area contributed by atoms with Gasteiger partial charge in [0.2, 0.25) is 0 Å². The average molecular weight is 312 g/mol. The number of rotatable bonds is 2. The summed E-state index contributed by atoms with van der Waals surface area (Å²) in [6.45, 7) is 5.63. The van der Waals surface area contributed by atoms with Crippen molar-refractivity contribution in [3.8, 4) is 5.75 Å². The van der Waals surface area contributed by atoms with Gasteiger partial charge in [-0.3, -0.25) is 4.90 Å². The molecule has 1 heterocycles. The van der Waals surface area contributed by atoms with Crippen LogP contribution in [0.4, 0.5) is 0 Å². The van der Waals surface area contributed by atoms with E-state index in [2.05, 4.69) is 34.7 Å². The third-order valence-corrected chi connectivity index (χ3v) is 4.53. The van der Waals surface area contributed by atoms with Gasteiger partial charge in [-0.1, -0.05) is 28.8 Å². The zero-order valence-corrected chi connectivity index (χ0v) is 12.8. The molecular formula is C15H22BrNO. The van der Waals surface area contributed by atoms with Gasteiger partial charge in [0, 0.05) is 22.1 Å². The molecule has 0 spiro atoms. The van der Waals surface area contributed by atoms with Gasteiger partial charge in [0.05, 0.1) is 0 Å². The van der Waals surface area contributed by atoms with E-state index in [1.165, 1.54) is 25.7 Å². The molecule has 18 heavy (non-hydrogen) atoms. The van der Waals surface area contributed by atoms with Crippen LogP contribution in [0.25, 0.3) is 0 Å². The number of hydrogen-bond acceptors (Lipinski definition) is 2. The SMILES string of the molecule is CC1CCCCCN1C(C)c1cc(Br)ccc1O. The standard InChI is InChI=1S/C15H22BrNO/c1-11-6-4-3-5-9-17(11)12(2)14-10-13(16)7-8-15(14)18/h7-8,10-12,18H,3-6,9H2,1-2H3. The van der Waals surface area contributed by atoms with Crippen LogP contribution < -0.4 is 0 Å². The monoisotopic (exact) mass is 311 g/mol. The molecule has 1 aromatic rings. The molecule has 1 saturated heterocycles. The van der Waals surface area contributed by atoms with Gasteiger partial charge in [-0.25, -0.2) is 0 Å². The maximum Gasteiger partial charge on any atom is 0.120 e. The average Bonchev–Trinajstić information content (AvgIpc) is 2.56. The van der Waals surface area contributed by atoms with Crippen molar-refractivity contribution in [2.45, 2.75) is 51.6 Å². The zero-order chi connectivity index (χ0) is 13.1. The summed E-state index contributed by atoms with van der Waals surface area (Å²) in [6, 6.07) is 6.57. The van der Waals surface area contributed by atoms with Crippen LogP contribution >= 0.6 is 15.9 Å². The fraction of sp³-hybridized carbons (Fsp3) is 0.600. The molecule has 0 saturated carbocycles. The summed E-state index contributed by atoms with van der Waals surface area (Å²) < 4.78 is 1.03. The van der Waals surface area contributed by atoms with Gasteiger partial charge in [0.1, 0.15) is 5.75 Å². The Morgan fingerprint density at radius 3 is 2.89 bits per heavy atom. The molecule has 100 valence electrons. The fourth-order valence-corrected chi connectivity index (χ4v) is 3.29. The molecular weight excluding hydrogens is 290 g/mol. The lowest BCUT2D eigenvalue weighted by Gasteiger charge is -2.33. The highest BCUT2D eigenvalue weighted by molar-refractivity contribution is 9.10. The lowest BCUT2D eigenvalue weighted by atomic mass is 10.0. The van der Waals surface area contributed by atoms with Crippen LogP contribution in [0.5, 0.6) is 5.75 Å². The van der Waals surface area contributed by atoms with E-state index >= 15 is 0 Å². The quantitative estimate of drug-likeness (QED) is 0.870. The van der Waals surface area contributed by atoms with Crippen LogP contribution in [-0.4, -0.2) is 22.6 Å². The number of halogens is 1. The third-order valence-electron chi connectivity index (χ3n) is 4.04. The molecule has 1 fully saturated rings. The Morgan fingerprint density at radius 2 is 2.11 bits per heavy atom. The smallest absolute Gasteiger partial charge is 0.120 e. The Labute approximate surface area is 118 Å². The maximum atomic E-state index is 10.0. The first-order chi connectivity index (χ1) is 8.59. The van der Waals surface area contributed by atoms with Gasteiger partial charge in [0.15, 0.2) is 0 Å². The van der Waals surface area contributed by atoms with E-state index in [-0.39, 0.29) is 6.04 Å². The predicted octanol–water partition coefficient (Wildman–Crippen LogP) is 4.48. The van der Waals surface area contributed by atoms with Crippen molar-refractivity contribution in [2.24, 2.45) is 0 Å². The van der Waals surface area contributed by atoms with Crippen LogP contribution in [0.15, 0.2) is 22.7 Å². The van der Waals surface area contributed by atoms with Crippen LogP contribution in [-0.2, 0) is 0 Å². The number of nitrogens with zero attached hydrogens (tertiary/aromatic N) is 1. The van der Waals surface area contributed by atoms with E-state index in [4.69, 9.17) is 0 Å². The predicted molar refractivity (Wildman–Crippen MR) is 78.9 cm³/mol. The van der Waals surface area contributed by atoms with E-state index < -0.39 is 0 Å². The normalized spacial score (nSPS) is 23.6. The minimum Gasteiger partial charge on any atom is -0.508 e. The first-order valence-corrected chi connectivity index (χ1v) is 7.63. The summed E-state index contributed by atoms with van der Waals surface area (Å²) in [5, 5.41) is 10.0. The molecule has 0 amide bonds. The third kappa shape index (κ3) is 3.07. The summed E-state index contributed by atoms with van der Waals surface area (Å²) in [7, 11) is 0. The van der Waals surface area contributed by atoms with E-state index in [1.807, 2.05) is 12.1 Å². The lowest BCUT2D eigenvalue weighted by Crippen LogP contribution is -2.35. The van der Waals surface area contributed by atoms with E-state index in [9.17, 15) is 5.11 Å². The Hall–Kier alpha value is -0.540. The van der Waals surface area contributed by atoms with E-state index in [0.717, 1.165) is 16.6 Å². The second-order valence-electron chi connectivity index (χ2n) is 5.32. The van der Waals surface area contributed by atoms with Gasteiger partial charge in [-0.2, -0.15) is 0 Å². The maximum absolute atomic E-state index is 10.0. The molecule has 2 unspecified atom stereocenters. The van der Waals surface area contributed by atoms with Gasteiger partial charge < -0.3 is 5.11 Å². The summed E-state index contributed by atoms with van der Waals surface area (Å²) in [4.78, 5) is 2.52. The molecule has 1 aromatic carbocycles.